The van der Waals surface area contributed by atoms with E-state index in [-0.39, 0.29) is 17.1 Å². The molecular formula is C18H32O2. The smallest absolute Gasteiger partial charge is 0.0704 e. The lowest BCUT2D eigenvalue weighted by Crippen LogP contribution is -2.50. The zero-order valence-corrected chi connectivity index (χ0v) is 13.8. The van der Waals surface area contributed by atoms with E-state index in [1.54, 1.807) is 0 Å². The average molecular weight is 280 g/mol. The Kier molecular flexibility index (Phi) is 3.31. The van der Waals surface area contributed by atoms with Crippen molar-refractivity contribution >= 4 is 0 Å². The van der Waals surface area contributed by atoms with Gasteiger partial charge in [0.25, 0.3) is 0 Å². The maximum Gasteiger partial charge on any atom is 0.0704 e. The molecule has 2 saturated carbocycles. The molecule has 1 atom stereocenters. The highest BCUT2D eigenvalue weighted by Gasteiger charge is 2.56. The molecule has 0 bridgehead atoms. The molecule has 2 nitrogen and oxygen atoms in total. The Morgan fingerprint density at radius 2 is 1.40 bits per heavy atom. The Hall–Kier alpha value is -0.0800. The minimum atomic E-state index is -0.495. The monoisotopic (exact) mass is 280 g/mol. The van der Waals surface area contributed by atoms with Gasteiger partial charge in [0.1, 0.15) is 0 Å². The molecule has 3 fully saturated rings. The maximum atomic E-state index is 11.3. The predicted molar refractivity (Wildman–Crippen MR) is 81.7 cm³/mol. The highest BCUT2D eigenvalue weighted by molar-refractivity contribution is 5.07. The SMILES string of the molecule is CC1(C)CC(C2(O)CCC3(CCCC3)CC2)C(C)(C)O1. The van der Waals surface area contributed by atoms with Gasteiger partial charge in [-0.15, -0.1) is 0 Å². The molecule has 0 radical (unpaired) electrons. The second-order valence-electron chi connectivity index (χ2n) is 9.03. The van der Waals surface area contributed by atoms with E-state index < -0.39 is 5.60 Å². The van der Waals surface area contributed by atoms with Crippen molar-refractivity contribution in [3.05, 3.63) is 0 Å². The normalized spacial score (nSPS) is 37.4. The van der Waals surface area contributed by atoms with Crippen LogP contribution in [0, 0.1) is 11.3 Å². The van der Waals surface area contributed by atoms with Crippen molar-refractivity contribution in [1.29, 1.82) is 0 Å². The fraction of sp³-hybridized carbons (Fsp3) is 1.00. The third kappa shape index (κ3) is 2.43. The minimum absolute atomic E-state index is 0.0909. The standard InChI is InChI=1S/C18H32O2/c1-15(2)13-14(16(3,4)20-15)18(19)11-9-17(10-12-18)7-5-6-8-17/h14,19H,5-13H2,1-4H3. The minimum Gasteiger partial charge on any atom is -0.389 e. The van der Waals surface area contributed by atoms with E-state index in [0.717, 1.165) is 19.3 Å². The van der Waals surface area contributed by atoms with Crippen LogP contribution in [0.15, 0.2) is 0 Å². The van der Waals surface area contributed by atoms with Crippen molar-refractivity contribution in [3.8, 4) is 0 Å². The third-order valence-corrected chi connectivity index (χ3v) is 6.56. The molecule has 2 aliphatic carbocycles. The lowest BCUT2D eigenvalue weighted by molar-refractivity contribution is -0.134. The van der Waals surface area contributed by atoms with Gasteiger partial charge in [-0.25, -0.2) is 0 Å². The van der Waals surface area contributed by atoms with E-state index in [2.05, 4.69) is 27.7 Å². The zero-order valence-electron chi connectivity index (χ0n) is 13.8. The van der Waals surface area contributed by atoms with Crippen LogP contribution >= 0.6 is 0 Å². The molecule has 1 heterocycles. The van der Waals surface area contributed by atoms with Crippen molar-refractivity contribution < 1.29 is 9.84 Å². The van der Waals surface area contributed by atoms with Crippen molar-refractivity contribution in [2.75, 3.05) is 0 Å². The van der Waals surface area contributed by atoms with Gasteiger partial charge in [0, 0.05) is 5.92 Å². The Morgan fingerprint density at radius 3 is 1.85 bits per heavy atom. The van der Waals surface area contributed by atoms with Gasteiger partial charge in [0.15, 0.2) is 0 Å². The molecular weight excluding hydrogens is 248 g/mol. The van der Waals surface area contributed by atoms with Crippen molar-refractivity contribution in [2.45, 2.75) is 102 Å². The van der Waals surface area contributed by atoms with E-state index in [1.807, 2.05) is 0 Å². The molecule has 2 heteroatoms. The molecule has 0 aromatic heterocycles. The summed E-state index contributed by atoms with van der Waals surface area (Å²) in [5.74, 6) is 0.281. The molecule has 3 aliphatic rings. The molecule has 0 aromatic carbocycles. The van der Waals surface area contributed by atoms with Gasteiger partial charge >= 0.3 is 0 Å². The largest absolute Gasteiger partial charge is 0.389 e. The Bertz CT molecular complexity index is 367. The maximum absolute atomic E-state index is 11.3. The van der Waals surface area contributed by atoms with Gasteiger partial charge < -0.3 is 9.84 Å². The summed E-state index contributed by atoms with van der Waals surface area (Å²) in [6, 6.07) is 0. The molecule has 0 aromatic rings. The highest BCUT2D eigenvalue weighted by Crippen LogP contribution is 2.57. The third-order valence-electron chi connectivity index (χ3n) is 6.56. The molecule has 3 rings (SSSR count). The second kappa shape index (κ2) is 4.46. The van der Waals surface area contributed by atoms with E-state index in [9.17, 15) is 5.11 Å². The van der Waals surface area contributed by atoms with Crippen LogP contribution in [0.25, 0.3) is 0 Å². The van der Waals surface area contributed by atoms with Crippen molar-refractivity contribution in [1.82, 2.24) is 0 Å². The summed E-state index contributed by atoms with van der Waals surface area (Å²) in [5, 5.41) is 11.3. The van der Waals surface area contributed by atoms with Gasteiger partial charge in [-0.3, -0.25) is 0 Å². The topological polar surface area (TPSA) is 29.5 Å². The lowest BCUT2D eigenvalue weighted by Gasteiger charge is -2.47. The molecule has 1 saturated heterocycles. The molecule has 1 aliphatic heterocycles. The number of hydrogen-bond donors (Lipinski definition) is 1. The summed E-state index contributed by atoms with van der Waals surface area (Å²) in [7, 11) is 0. The van der Waals surface area contributed by atoms with E-state index in [4.69, 9.17) is 4.74 Å². The predicted octanol–water partition coefficient (Wildman–Crippen LogP) is 4.45. The van der Waals surface area contributed by atoms with Gasteiger partial charge in [-0.05, 0) is 78.1 Å². The number of rotatable bonds is 1. The first-order valence-corrected chi connectivity index (χ1v) is 8.59. The summed E-state index contributed by atoms with van der Waals surface area (Å²) in [6.07, 6.45) is 11.0. The summed E-state index contributed by atoms with van der Waals surface area (Å²) in [5.41, 5.74) is -0.193. The fourth-order valence-corrected chi connectivity index (χ4v) is 5.59. The van der Waals surface area contributed by atoms with Crippen LogP contribution in [0.1, 0.15) is 85.5 Å². The molecule has 1 N–H and O–H groups in total. The van der Waals surface area contributed by atoms with E-state index >= 15 is 0 Å². The Balaban J connectivity index is 1.74. The summed E-state index contributed by atoms with van der Waals surface area (Å²) < 4.78 is 6.22. The van der Waals surface area contributed by atoms with Crippen LogP contribution in [0.3, 0.4) is 0 Å². The summed E-state index contributed by atoms with van der Waals surface area (Å²) in [6.45, 7) is 8.67. The zero-order chi connectivity index (χ0) is 14.6. The van der Waals surface area contributed by atoms with Crippen molar-refractivity contribution in [3.63, 3.8) is 0 Å². The van der Waals surface area contributed by atoms with Gasteiger partial charge in [-0.1, -0.05) is 12.8 Å². The van der Waals surface area contributed by atoms with Gasteiger partial charge in [0.2, 0.25) is 0 Å². The number of aliphatic hydroxyl groups is 1. The average Bonchev–Trinajstić information content (AvgIpc) is 2.86. The van der Waals surface area contributed by atoms with Crippen LogP contribution < -0.4 is 0 Å². The van der Waals surface area contributed by atoms with E-state index in [0.29, 0.717) is 5.41 Å². The second-order valence-corrected chi connectivity index (χ2v) is 9.03. The van der Waals surface area contributed by atoms with Crippen LogP contribution in [0.5, 0.6) is 0 Å². The van der Waals surface area contributed by atoms with Crippen LogP contribution in [-0.4, -0.2) is 21.9 Å². The summed E-state index contributed by atoms with van der Waals surface area (Å²) >= 11 is 0. The molecule has 116 valence electrons. The van der Waals surface area contributed by atoms with Gasteiger partial charge in [-0.2, -0.15) is 0 Å². The van der Waals surface area contributed by atoms with Crippen LogP contribution in [-0.2, 0) is 4.74 Å². The fourth-order valence-electron chi connectivity index (χ4n) is 5.59. The number of ether oxygens (including phenoxy) is 1. The van der Waals surface area contributed by atoms with Crippen LogP contribution in [0.2, 0.25) is 0 Å². The first-order chi connectivity index (χ1) is 9.17. The van der Waals surface area contributed by atoms with E-state index in [1.165, 1.54) is 38.5 Å². The first-order valence-electron chi connectivity index (χ1n) is 8.59. The quantitative estimate of drug-likeness (QED) is 0.769. The first kappa shape index (κ1) is 14.8. The molecule has 1 spiro atoms. The number of hydrogen-bond acceptors (Lipinski definition) is 2. The van der Waals surface area contributed by atoms with Gasteiger partial charge in [0.05, 0.1) is 16.8 Å². The Labute approximate surface area is 124 Å². The van der Waals surface area contributed by atoms with Crippen molar-refractivity contribution in [2.24, 2.45) is 11.3 Å². The molecule has 1 unspecified atom stereocenters. The Morgan fingerprint density at radius 1 is 0.850 bits per heavy atom. The molecule has 0 amide bonds. The summed E-state index contributed by atoms with van der Waals surface area (Å²) in [4.78, 5) is 0. The van der Waals surface area contributed by atoms with Crippen LogP contribution in [0.4, 0.5) is 0 Å². The molecule has 20 heavy (non-hydrogen) atoms. The lowest BCUT2D eigenvalue weighted by atomic mass is 9.61. The highest BCUT2D eigenvalue weighted by atomic mass is 16.5.